The molecule has 8 heteroatoms. The maximum atomic E-state index is 11.9. The van der Waals surface area contributed by atoms with Gasteiger partial charge in [-0.2, -0.15) is 0 Å². The van der Waals surface area contributed by atoms with Crippen molar-refractivity contribution in [3.8, 4) is 0 Å². The molecule has 0 aliphatic rings. The van der Waals surface area contributed by atoms with Crippen molar-refractivity contribution >= 4 is 50.0 Å². The van der Waals surface area contributed by atoms with E-state index in [4.69, 9.17) is 23.2 Å². The lowest BCUT2D eigenvalue weighted by atomic mass is 9.84. The number of aromatic nitrogens is 2. The predicted molar refractivity (Wildman–Crippen MR) is 107 cm³/mol. The van der Waals surface area contributed by atoms with Crippen LogP contribution in [-0.2, 0) is 15.3 Å². The molecule has 2 aromatic carbocycles. The van der Waals surface area contributed by atoms with Crippen LogP contribution < -0.4 is 5.32 Å². The lowest BCUT2D eigenvalue weighted by Gasteiger charge is -2.26. The Labute approximate surface area is 162 Å². The first-order valence-electron chi connectivity index (χ1n) is 7.96. The van der Waals surface area contributed by atoms with Crippen molar-refractivity contribution in [1.82, 2.24) is 9.97 Å². The minimum atomic E-state index is -3.35. The van der Waals surface area contributed by atoms with Crippen LogP contribution in [0, 0.1) is 0 Å². The highest BCUT2D eigenvalue weighted by atomic mass is 35.5. The first-order chi connectivity index (χ1) is 12.1. The third-order valence-electron chi connectivity index (χ3n) is 4.27. The van der Waals surface area contributed by atoms with Crippen molar-refractivity contribution in [3.05, 3.63) is 52.0 Å². The van der Waals surface area contributed by atoms with E-state index in [1.807, 2.05) is 12.1 Å². The van der Waals surface area contributed by atoms with E-state index < -0.39 is 9.84 Å². The zero-order valence-corrected chi connectivity index (χ0v) is 16.9. The second kappa shape index (κ2) is 6.76. The van der Waals surface area contributed by atoms with E-state index in [-0.39, 0.29) is 10.3 Å². The van der Waals surface area contributed by atoms with Gasteiger partial charge in [0.05, 0.1) is 20.5 Å². The number of rotatable bonds is 5. The predicted octanol–water partition coefficient (Wildman–Crippen LogP) is 4.66. The molecule has 0 aliphatic heterocycles. The minimum Gasteiger partial charge on any atom is -0.355 e. The molecule has 0 aliphatic carbocycles. The standard InChI is InChI=1S/C18H19Cl2N3O2S/c1-18(2,11-7-8-12(19)13(20)9-11)10-21-17-22-14-5-4-6-15(16(14)23-17)26(3,24)25/h4-9H,10H2,1-3H3,(H2,21,22,23). The summed E-state index contributed by atoms with van der Waals surface area (Å²) in [6, 6.07) is 10.6. The molecule has 0 saturated heterocycles. The summed E-state index contributed by atoms with van der Waals surface area (Å²) >= 11 is 12.1. The lowest BCUT2D eigenvalue weighted by Crippen LogP contribution is -2.28. The zero-order valence-electron chi connectivity index (χ0n) is 14.6. The van der Waals surface area contributed by atoms with Crippen LogP contribution in [0.25, 0.3) is 11.0 Å². The second-order valence-corrected chi connectivity index (χ2v) is 9.67. The zero-order chi connectivity index (χ0) is 19.1. The summed E-state index contributed by atoms with van der Waals surface area (Å²) < 4.78 is 23.8. The second-order valence-electron chi connectivity index (χ2n) is 6.88. The fraction of sp³-hybridized carbons (Fsp3) is 0.278. The van der Waals surface area contributed by atoms with Crippen molar-refractivity contribution in [2.24, 2.45) is 0 Å². The number of halogens is 2. The number of fused-ring (bicyclic) bond motifs is 1. The molecule has 0 amide bonds. The smallest absolute Gasteiger partial charge is 0.201 e. The molecule has 1 aromatic heterocycles. The van der Waals surface area contributed by atoms with Crippen molar-refractivity contribution in [2.45, 2.75) is 24.2 Å². The molecule has 0 radical (unpaired) electrons. The summed E-state index contributed by atoms with van der Waals surface area (Å²) in [5.74, 6) is 0.518. The van der Waals surface area contributed by atoms with Gasteiger partial charge < -0.3 is 10.3 Å². The van der Waals surface area contributed by atoms with Gasteiger partial charge in [-0.3, -0.25) is 0 Å². The number of para-hydroxylation sites is 1. The number of imidazole rings is 1. The van der Waals surface area contributed by atoms with Crippen LogP contribution in [0.15, 0.2) is 41.3 Å². The maximum absolute atomic E-state index is 11.9. The van der Waals surface area contributed by atoms with Crippen molar-refractivity contribution in [1.29, 1.82) is 0 Å². The van der Waals surface area contributed by atoms with Crippen LogP contribution in [0.3, 0.4) is 0 Å². The highest BCUT2D eigenvalue weighted by Gasteiger charge is 2.22. The average Bonchev–Trinajstić information content (AvgIpc) is 2.97. The number of nitrogens with one attached hydrogen (secondary N) is 2. The molecular formula is C18H19Cl2N3O2S. The van der Waals surface area contributed by atoms with Gasteiger partial charge in [-0.15, -0.1) is 0 Å². The van der Waals surface area contributed by atoms with Gasteiger partial charge >= 0.3 is 0 Å². The van der Waals surface area contributed by atoms with E-state index >= 15 is 0 Å². The van der Waals surface area contributed by atoms with Crippen LogP contribution in [0.2, 0.25) is 10.0 Å². The first-order valence-corrected chi connectivity index (χ1v) is 10.6. The third-order valence-corrected chi connectivity index (χ3v) is 6.14. The van der Waals surface area contributed by atoms with E-state index in [1.54, 1.807) is 24.3 Å². The highest BCUT2D eigenvalue weighted by Crippen LogP contribution is 2.30. The molecule has 2 N–H and O–H groups in total. The van der Waals surface area contributed by atoms with E-state index in [0.717, 1.165) is 5.56 Å². The Morgan fingerprint density at radius 2 is 1.88 bits per heavy atom. The van der Waals surface area contributed by atoms with Crippen molar-refractivity contribution in [2.75, 3.05) is 18.1 Å². The molecule has 138 valence electrons. The summed E-state index contributed by atoms with van der Waals surface area (Å²) in [7, 11) is -3.35. The van der Waals surface area contributed by atoms with E-state index in [0.29, 0.717) is 33.6 Å². The number of H-pyrrole nitrogens is 1. The van der Waals surface area contributed by atoms with Gasteiger partial charge in [-0.1, -0.05) is 49.2 Å². The number of benzene rings is 2. The summed E-state index contributed by atoms with van der Waals surface area (Å²) in [6.45, 7) is 4.72. The maximum Gasteiger partial charge on any atom is 0.201 e. The summed E-state index contributed by atoms with van der Waals surface area (Å²) in [6.07, 6.45) is 1.18. The van der Waals surface area contributed by atoms with Gasteiger partial charge in [-0.25, -0.2) is 13.4 Å². The molecule has 0 bridgehead atoms. The van der Waals surface area contributed by atoms with Gasteiger partial charge in [0, 0.05) is 18.2 Å². The Balaban J connectivity index is 1.86. The Bertz CT molecular complexity index is 1080. The Hall–Kier alpha value is -1.76. The number of nitrogens with zero attached hydrogens (tertiary/aromatic N) is 1. The van der Waals surface area contributed by atoms with Gasteiger partial charge in [0.25, 0.3) is 0 Å². The third kappa shape index (κ3) is 3.82. The number of aromatic amines is 1. The van der Waals surface area contributed by atoms with E-state index in [1.165, 1.54) is 6.26 Å². The van der Waals surface area contributed by atoms with Crippen LogP contribution in [0.4, 0.5) is 5.95 Å². The Morgan fingerprint density at radius 1 is 1.15 bits per heavy atom. The van der Waals surface area contributed by atoms with E-state index in [2.05, 4.69) is 29.1 Å². The van der Waals surface area contributed by atoms with Gasteiger partial charge in [-0.05, 0) is 29.8 Å². The van der Waals surface area contributed by atoms with Crippen molar-refractivity contribution in [3.63, 3.8) is 0 Å². The summed E-state index contributed by atoms with van der Waals surface area (Å²) in [5, 5.41) is 4.28. The Kier molecular flexibility index (Phi) is 4.94. The summed E-state index contributed by atoms with van der Waals surface area (Å²) in [5.41, 5.74) is 1.90. The SMILES string of the molecule is CC(C)(CNc1nc2c(S(C)(=O)=O)cccc2[nH]1)c1ccc(Cl)c(Cl)c1. The molecule has 26 heavy (non-hydrogen) atoms. The fourth-order valence-electron chi connectivity index (χ4n) is 2.71. The number of hydrogen-bond acceptors (Lipinski definition) is 4. The number of sulfone groups is 1. The first kappa shape index (κ1) is 19.0. The molecule has 0 spiro atoms. The van der Waals surface area contributed by atoms with E-state index in [9.17, 15) is 8.42 Å². The molecule has 0 atom stereocenters. The van der Waals surface area contributed by atoms with Crippen LogP contribution in [-0.4, -0.2) is 31.2 Å². The molecule has 3 rings (SSSR count). The highest BCUT2D eigenvalue weighted by molar-refractivity contribution is 7.91. The normalized spacial score (nSPS) is 12.5. The van der Waals surface area contributed by atoms with Gasteiger partial charge in [0.2, 0.25) is 5.95 Å². The molecule has 0 saturated carbocycles. The number of hydrogen-bond donors (Lipinski definition) is 2. The average molecular weight is 412 g/mol. The molecule has 3 aromatic rings. The quantitative estimate of drug-likeness (QED) is 0.639. The summed E-state index contributed by atoms with van der Waals surface area (Å²) in [4.78, 5) is 7.74. The van der Waals surface area contributed by atoms with Crippen LogP contribution in [0.5, 0.6) is 0 Å². The minimum absolute atomic E-state index is 0.211. The molecular weight excluding hydrogens is 393 g/mol. The molecule has 1 heterocycles. The molecule has 0 unspecified atom stereocenters. The number of anilines is 1. The topological polar surface area (TPSA) is 74.8 Å². The molecule has 0 fully saturated rings. The monoisotopic (exact) mass is 411 g/mol. The largest absolute Gasteiger partial charge is 0.355 e. The lowest BCUT2D eigenvalue weighted by molar-refractivity contribution is 0.555. The van der Waals surface area contributed by atoms with Crippen molar-refractivity contribution < 1.29 is 8.42 Å². The van der Waals surface area contributed by atoms with Gasteiger partial charge in [0.15, 0.2) is 9.84 Å². The van der Waals surface area contributed by atoms with Crippen LogP contribution in [0.1, 0.15) is 19.4 Å². The fourth-order valence-corrected chi connectivity index (χ4v) is 3.84. The molecule has 5 nitrogen and oxygen atoms in total. The Morgan fingerprint density at radius 3 is 2.54 bits per heavy atom. The van der Waals surface area contributed by atoms with Gasteiger partial charge in [0.1, 0.15) is 5.52 Å². The van der Waals surface area contributed by atoms with Crippen LogP contribution >= 0.6 is 23.2 Å².